The molecule has 2 aromatic rings. The number of carbonyl (C=O) groups is 3. The number of aromatic nitrogens is 2. The normalized spacial score (nSPS) is 24.3. The smallest absolute Gasteiger partial charge is 0.408 e. The van der Waals surface area contributed by atoms with Crippen molar-refractivity contribution in [3.05, 3.63) is 34.2 Å². The first kappa shape index (κ1) is 29.6. The van der Waals surface area contributed by atoms with Crippen LogP contribution in [0.3, 0.4) is 0 Å². The summed E-state index contributed by atoms with van der Waals surface area (Å²) in [4.78, 5) is 58.8. The third-order valence-corrected chi connectivity index (χ3v) is 8.67. The molecule has 0 radical (unpaired) electrons. The molecule has 1 unspecified atom stereocenters. The van der Waals surface area contributed by atoms with Crippen molar-refractivity contribution in [1.29, 1.82) is 0 Å². The van der Waals surface area contributed by atoms with Crippen molar-refractivity contribution in [3.63, 3.8) is 0 Å². The van der Waals surface area contributed by atoms with E-state index in [1.807, 2.05) is 26.0 Å². The Morgan fingerprint density at radius 3 is 2.75 bits per heavy atom. The minimum Gasteiger partial charge on any atom is -0.497 e. The quantitative estimate of drug-likeness (QED) is 0.399. The van der Waals surface area contributed by atoms with Gasteiger partial charge in [-0.2, -0.15) is 0 Å². The van der Waals surface area contributed by atoms with Crippen molar-refractivity contribution >= 4 is 28.8 Å². The van der Waals surface area contributed by atoms with Crippen LogP contribution in [0.4, 0.5) is 4.79 Å². The summed E-state index contributed by atoms with van der Waals surface area (Å²) in [7, 11) is 1.58. The molecule has 10 heteroatoms. The second-order valence-corrected chi connectivity index (χ2v) is 11.5. The first-order chi connectivity index (χ1) is 19.1. The van der Waals surface area contributed by atoms with Gasteiger partial charge in [0, 0.05) is 12.6 Å². The molecule has 2 heterocycles. The zero-order valence-corrected chi connectivity index (χ0v) is 24.1. The molecule has 1 aliphatic heterocycles. The summed E-state index contributed by atoms with van der Waals surface area (Å²) in [5.41, 5.74) is 1.19. The summed E-state index contributed by atoms with van der Waals surface area (Å²) < 4.78 is 11.1. The Morgan fingerprint density at radius 2 is 2.00 bits per heavy atom. The molecule has 0 spiro atoms. The second-order valence-electron chi connectivity index (χ2n) is 11.5. The van der Waals surface area contributed by atoms with Gasteiger partial charge in [-0.15, -0.1) is 0 Å². The van der Waals surface area contributed by atoms with Gasteiger partial charge < -0.3 is 24.7 Å². The number of methoxy groups -OCH3 is 1. The van der Waals surface area contributed by atoms with E-state index in [1.54, 1.807) is 18.1 Å². The lowest BCUT2D eigenvalue weighted by molar-refractivity contribution is -0.136. The number of aromatic amines is 1. The fourth-order valence-corrected chi connectivity index (χ4v) is 6.40. The Bertz CT molecular complexity index is 1290. The average molecular weight is 555 g/mol. The molecule has 10 nitrogen and oxygen atoms in total. The lowest BCUT2D eigenvalue weighted by Gasteiger charge is -2.32. The lowest BCUT2D eigenvalue weighted by atomic mass is 9.87. The monoisotopic (exact) mass is 554 g/mol. The molecule has 2 fully saturated rings. The molecule has 2 amide bonds. The van der Waals surface area contributed by atoms with Crippen LogP contribution in [0.1, 0.15) is 77.8 Å². The molecule has 2 N–H and O–H groups in total. The number of benzene rings is 1. The van der Waals surface area contributed by atoms with Crippen LogP contribution < -0.4 is 15.6 Å². The van der Waals surface area contributed by atoms with Crippen molar-refractivity contribution in [3.8, 4) is 5.75 Å². The van der Waals surface area contributed by atoms with E-state index in [-0.39, 0.29) is 35.6 Å². The summed E-state index contributed by atoms with van der Waals surface area (Å²) in [5, 5.41) is 2.61. The van der Waals surface area contributed by atoms with E-state index in [4.69, 9.17) is 9.47 Å². The Kier molecular flexibility index (Phi) is 9.48. The summed E-state index contributed by atoms with van der Waals surface area (Å²) in [6.45, 7) is 5.81. The number of likely N-dealkylation sites (tertiary alicyclic amines) is 1. The SMILES string of the molecule is COc1ccc2nc(CCCCC[C@@H]3CCCC3(C)OC(=O)NCC(=O)N3CC[C@@H](C)[C@H]3C(C)=O)c(=O)[nH]c2c1. The van der Waals surface area contributed by atoms with Gasteiger partial charge in [-0.1, -0.05) is 19.8 Å². The Hall–Kier alpha value is -3.43. The average Bonchev–Trinajstić information content (AvgIpc) is 3.48. The van der Waals surface area contributed by atoms with Crippen molar-refractivity contribution in [1.82, 2.24) is 20.2 Å². The zero-order valence-electron chi connectivity index (χ0n) is 24.1. The summed E-state index contributed by atoms with van der Waals surface area (Å²) in [6, 6.07) is 5.02. The fourth-order valence-electron chi connectivity index (χ4n) is 6.40. The maximum atomic E-state index is 12.7. The number of fused-ring (bicyclic) bond motifs is 1. The zero-order chi connectivity index (χ0) is 28.9. The number of nitrogens with one attached hydrogen (secondary N) is 2. The van der Waals surface area contributed by atoms with Crippen LogP contribution in [0.2, 0.25) is 0 Å². The van der Waals surface area contributed by atoms with Crippen LogP contribution in [0.15, 0.2) is 23.0 Å². The number of ketones is 1. The van der Waals surface area contributed by atoms with Gasteiger partial charge in [0.25, 0.3) is 5.56 Å². The number of alkyl carbamates (subject to hydrolysis) is 1. The molecule has 2 aliphatic rings. The van der Waals surface area contributed by atoms with Gasteiger partial charge >= 0.3 is 6.09 Å². The Morgan fingerprint density at radius 1 is 1.20 bits per heavy atom. The predicted octanol–water partition coefficient (Wildman–Crippen LogP) is 4.15. The molecule has 1 saturated heterocycles. The van der Waals surface area contributed by atoms with E-state index in [0.29, 0.717) is 29.9 Å². The van der Waals surface area contributed by atoms with Crippen LogP contribution >= 0.6 is 0 Å². The van der Waals surface area contributed by atoms with Gasteiger partial charge in [-0.3, -0.25) is 14.4 Å². The number of hydrogen-bond acceptors (Lipinski definition) is 7. The van der Waals surface area contributed by atoms with E-state index in [1.165, 1.54) is 6.92 Å². The van der Waals surface area contributed by atoms with E-state index >= 15 is 0 Å². The summed E-state index contributed by atoms with van der Waals surface area (Å²) >= 11 is 0. The highest BCUT2D eigenvalue weighted by molar-refractivity contribution is 5.90. The topological polar surface area (TPSA) is 131 Å². The van der Waals surface area contributed by atoms with E-state index < -0.39 is 17.7 Å². The van der Waals surface area contributed by atoms with Gasteiger partial charge in [0.1, 0.15) is 23.6 Å². The molecule has 4 atom stereocenters. The largest absolute Gasteiger partial charge is 0.497 e. The fraction of sp³-hybridized carbons (Fsp3) is 0.633. The van der Waals surface area contributed by atoms with Crippen LogP contribution in [-0.2, 0) is 20.7 Å². The molecule has 1 aromatic heterocycles. The standard InChI is InChI=1S/C30H42N4O6/c1-19-14-16-34(27(19)20(2)35)26(36)18-31-29(38)40-30(3)15-8-10-21(30)9-6-5-7-11-24-28(37)33-25-17-22(39-4)12-13-23(25)32-24/h12-13,17,19,21,27H,5-11,14-16,18H2,1-4H3,(H,31,38)(H,33,37)/t19-,21-,27+,30?/m1/s1. The number of Topliss-reactive ketones (excluding diaryl/α,β-unsaturated/α-hetero) is 1. The number of amides is 2. The first-order valence-electron chi connectivity index (χ1n) is 14.4. The summed E-state index contributed by atoms with van der Waals surface area (Å²) in [5.74, 6) is 0.761. The van der Waals surface area contributed by atoms with Crippen LogP contribution in [-0.4, -0.2) is 64.5 Å². The van der Waals surface area contributed by atoms with Crippen molar-refractivity contribution in [2.75, 3.05) is 20.2 Å². The van der Waals surface area contributed by atoms with Crippen molar-refractivity contribution < 1.29 is 23.9 Å². The molecule has 40 heavy (non-hydrogen) atoms. The predicted molar refractivity (Wildman–Crippen MR) is 151 cm³/mol. The molecule has 1 aromatic carbocycles. The van der Waals surface area contributed by atoms with Crippen LogP contribution in [0, 0.1) is 11.8 Å². The van der Waals surface area contributed by atoms with E-state index in [0.717, 1.165) is 56.9 Å². The number of H-pyrrole nitrogens is 1. The van der Waals surface area contributed by atoms with Gasteiger partial charge in [0.05, 0.1) is 24.2 Å². The molecule has 0 bridgehead atoms. The van der Waals surface area contributed by atoms with Crippen LogP contribution in [0.25, 0.3) is 11.0 Å². The van der Waals surface area contributed by atoms with Gasteiger partial charge in [-0.05, 0) is 82.8 Å². The molecular weight excluding hydrogens is 512 g/mol. The third-order valence-electron chi connectivity index (χ3n) is 8.67. The highest BCUT2D eigenvalue weighted by Gasteiger charge is 2.42. The Labute approximate surface area is 235 Å². The highest BCUT2D eigenvalue weighted by Crippen LogP contribution is 2.41. The Balaban J connectivity index is 1.21. The maximum Gasteiger partial charge on any atom is 0.408 e. The number of aryl methyl sites for hydroxylation is 1. The summed E-state index contributed by atoms with van der Waals surface area (Å²) in [6.07, 6.45) is 7.25. The van der Waals surface area contributed by atoms with Gasteiger partial charge in [0.2, 0.25) is 5.91 Å². The number of nitrogens with zero attached hydrogens (tertiary/aromatic N) is 2. The van der Waals surface area contributed by atoms with E-state index in [9.17, 15) is 19.2 Å². The number of hydrogen-bond donors (Lipinski definition) is 2. The lowest BCUT2D eigenvalue weighted by Crippen LogP contribution is -2.47. The van der Waals surface area contributed by atoms with E-state index in [2.05, 4.69) is 15.3 Å². The first-order valence-corrected chi connectivity index (χ1v) is 14.4. The van der Waals surface area contributed by atoms with Gasteiger partial charge in [0.15, 0.2) is 5.78 Å². The van der Waals surface area contributed by atoms with Crippen molar-refractivity contribution in [2.24, 2.45) is 11.8 Å². The number of unbranched alkanes of at least 4 members (excludes halogenated alkanes) is 2. The number of ether oxygens (including phenoxy) is 2. The molecular formula is C30H42N4O6. The second kappa shape index (κ2) is 12.8. The number of carbonyl (C=O) groups excluding carboxylic acids is 3. The van der Waals surface area contributed by atoms with Crippen LogP contribution in [0.5, 0.6) is 5.75 Å². The number of rotatable bonds is 11. The molecule has 1 aliphatic carbocycles. The minimum absolute atomic E-state index is 0.0244. The van der Waals surface area contributed by atoms with Gasteiger partial charge in [-0.25, -0.2) is 9.78 Å². The molecule has 218 valence electrons. The van der Waals surface area contributed by atoms with Crippen molar-refractivity contribution in [2.45, 2.75) is 90.2 Å². The minimum atomic E-state index is -0.589. The molecule has 4 rings (SSSR count). The maximum absolute atomic E-state index is 12.7. The highest BCUT2D eigenvalue weighted by atomic mass is 16.6. The third kappa shape index (κ3) is 6.82. The molecule has 1 saturated carbocycles.